The fourth-order valence-electron chi connectivity index (χ4n) is 5.36. The summed E-state index contributed by atoms with van der Waals surface area (Å²) in [5, 5.41) is 45.1. The number of para-hydroxylation sites is 3. The van der Waals surface area contributed by atoms with Crippen molar-refractivity contribution in [3.63, 3.8) is 0 Å². The summed E-state index contributed by atoms with van der Waals surface area (Å²) in [5.74, 6) is -1.24. The number of hydrazone groups is 3. The second-order valence-corrected chi connectivity index (χ2v) is 12.2. The Kier molecular flexibility index (Phi) is 12.2. The molecular weight excluding hydrogens is 711 g/mol. The minimum Gasteiger partial charge on any atom is -0.507 e. The molecule has 6 rings (SSSR count). The number of phenols is 3. The van der Waals surface area contributed by atoms with Crippen molar-refractivity contribution in [3.05, 3.63) is 190 Å². The first kappa shape index (κ1) is 37.7. The smallest absolute Gasteiger partial charge is 0.271 e. The molecule has 56 heavy (non-hydrogen) atoms. The van der Waals surface area contributed by atoms with Gasteiger partial charge in [0.15, 0.2) is 0 Å². The maximum absolute atomic E-state index is 12.9. The molecule has 278 valence electrons. The molecular formula is C43H35N7O6. The third kappa shape index (κ3) is 9.87. The molecule has 6 aromatic carbocycles. The summed E-state index contributed by atoms with van der Waals surface area (Å²) >= 11 is 0. The first-order valence-corrected chi connectivity index (χ1v) is 17.2. The molecule has 0 radical (unpaired) electrons. The zero-order valence-electron chi connectivity index (χ0n) is 29.6. The van der Waals surface area contributed by atoms with Crippen LogP contribution in [0.25, 0.3) is 0 Å². The van der Waals surface area contributed by atoms with Crippen LogP contribution in [0.5, 0.6) is 17.2 Å². The Bertz CT molecular complexity index is 2300. The number of benzene rings is 6. The van der Waals surface area contributed by atoms with Crippen LogP contribution in [0.15, 0.2) is 161 Å². The molecule has 0 bridgehead atoms. The lowest BCUT2D eigenvalue weighted by atomic mass is 9.96. The van der Waals surface area contributed by atoms with Gasteiger partial charge in [0.2, 0.25) is 0 Å². The van der Waals surface area contributed by atoms with Crippen LogP contribution < -0.4 is 21.6 Å². The van der Waals surface area contributed by atoms with E-state index in [2.05, 4.69) is 36.9 Å². The Morgan fingerprint density at radius 1 is 0.429 bits per heavy atom. The molecule has 0 saturated heterocycles. The lowest BCUT2D eigenvalue weighted by molar-refractivity contribution is 0.0947. The zero-order valence-corrected chi connectivity index (χ0v) is 29.6. The molecule has 3 amide bonds. The standard InChI is InChI=1S/C43H35N7O6/c51-37-10-4-1-7-33(37)25-44-48-41(54)30-17-13-28(14-18-30)40(29-15-19-31(20-16-29)42(55)49-45-26-34-8-2-5-11-38(34)52)47-36-23-21-32(22-24-36)43(56)50-46-27-35-9-3-6-12-39(35)53/h1-27,40,47,51-53H,(H,48,54)(H,49,55)(H,50,56)/b44-25+,45-26+,46-27+. The molecule has 0 spiro atoms. The number of nitrogens with zero attached hydrogens (tertiary/aromatic N) is 3. The van der Waals surface area contributed by atoms with Crippen LogP contribution in [0, 0.1) is 0 Å². The van der Waals surface area contributed by atoms with Gasteiger partial charge in [-0.25, -0.2) is 16.3 Å². The number of anilines is 1. The van der Waals surface area contributed by atoms with Gasteiger partial charge in [0.05, 0.1) is 24.7 Å². The number of carbonyl (C=O) groups is 3. The van der Waals surface area contributed by atoms with Crippen LogP contribution in [0.3, 0.4) is 0 Å². The van der Waals surface area contributed by atoms with Gasteiger partial charge in [-0.3, -0.25) is 14.4 Å². The fourth-order valence-corrected chi connectivity index (χ4v) is 5.36. The summed E-state index contributed by atoms with van der Waals surface area (Å²) < 4.78 is 0. The monoisotopic (exact) mass is 745 g/mol. The predicted molar refractivity (Wildman–Crippen MR) is 214 cm³/mol. The van der Waals surface area contributed by atoms with E-state index in [0.717, 1.165) is 11.1 Å². The zero-order chi connectivity index (χ0) is 39.3. The van der Waals surface area contributed by atoms with Crippen molar-refractivity contribution in [2.45, 2.75) is 6.04 Å². The molecule has 7 N–H and O–H groups in total. The molecule has 0 aromatic heterocycles. The maximum atomic E-state index is 12.9. The SMILES string of the molecule is O=C(N/N=C/c1ccccc1O)c1ccc(NC(c2ccc(C(=O)N/N=C/c3ccccc3O)cc2)c2ccc(C(=O)N/N=C/c3ccccc3O)cc2)cc1. The number of hydrogen-bond donors (Lipinski definition) is 7. The highest BCUT2D eigenvalue weighted by molar-refractivity contribution is 5.97. The molecule has 0 atom stereocenters. The normalized spacial score (nSPS) is 11.2. The first-order valence-electron chi connectivity index (χ1n) is 17.2. The first-order chi connectivity index (χ1) is 27.2. The van der Waals surface area contributed by atoms with Gasteiger partial charge in [-0.2, -0.15) is 15.3 Å². The van der Waals surface area contributed by atoms with Gasteiger partial charge in [-0.15, -0.1) is 0 Å². The van der Waals surface area contributed by atoms with Gasteiger partial charge in [0.1, 0.15) is 17.2 Å². The van der Waals surface area contributed by atoms with Crippen molar-refractivity contribution >= 4 is 42.1 Å². The predicted octanol–water partition coefficient (Wildman–Crippen LogP) is 6.30. The molecule has 13 nitrogen and oxygen atoms in total. The van der Waals surface area contributed by atoms with Gasteiger partial charge in [0.25, 0.3) is 17.7 Å². The molecule has 0 fully saturated rings. The third-order valence-electron chi connectivity index (χ3n) is 8.39. The Morgan fingerprint density at radius 2 is 0.732 bits per heavy atom. The molecule has 0 aliphatic carbocycles. The molecule has 0 saturated carbocycles. The van der Waals surface area contributed by atoms with Gasteiger partial charge in [-0.05, 0) is 96.1 Å². The summed E-state index contributed by atoms with van der Waals surface area (Å²) in [4.78, 5) is 38.5. The van der Waals surface area contributed by atoms with Crippen LogP contribution in [0.1, 0.15) is 64.9 Å². The van der Waals surface area contributed by atoms with Crippen molar-refractivity contribution in [2.24, 2.45) is 15.3 Å². The number of rotatable bonds is 13. The van der Waals surface area contributed by atoms with Crippen molar-refractivity contribution in [1.29, 1.82) is 0 Å². The van der Waals surface area contributed by atoms with E-state index in [1.54, 1.807) is 127 Å². The number of hydrogen-bond acceptors (Lipinski definition) is 10. The quantitative estimate of drug-likeness (QED) is 0.0532. The second-order valence-electron chi connectivity index (χ2n) is 12.2. The van der Waals surface area contributed by atoms with Crippen molar-refractivity contribution in [2.75, 3.05) is 5.32 Å². The molecule has 0 aliphatic heterocycles. The van der Waals surface area contributed by atoms with Gasteiger partial charge in [0, 0.05) is 39.1 Å². The second kappa shape index (κ2) is 18.1. The minimum absolute atomic E-state index is 0.0348. The van der Waals surface area contributed by atoms with Crippen LogP contribution in [0.2, 0.25) is 0 Å². The third-order valence-corrected chi connectivity index (χ3v) is 8.39. The van der Waals surface area contributed by atoms with Crippen molar-refractivity contribution in [3.8, 4) is 17.2 Å². The van der Waals surface area contributed by atoms with Crippen LogP contribution in [0.4, 0.5) is 5.69 Å². The summed E-state index contributed by atoms with van der Waals surface area (Å²) in [6, 6.07) is 39.9. The van der Waals surface area contributed by atoms with E-state index in [-0.39, 0.29) is 17.2 Å². The number of aromatic hydroxyl groups is 3. The van der Waals surface area contributed by atoms with E-state index in [1.807, 2.05) is 0 Å². The van der Waals surface area contributed by atoms with E-state index < -0.39 is 23.8 Å². The summed E-state index contributed by atoms with van der Waals surface area (Å²) in [7, 11) is 0. The number of amides is 3. The Morgan fingerprint density at radius 3 is 1.05 bits per heavy atom. The summed E-state index contributed by atoms with van der Waals surface area (Å²) in [6.07, 6.45) is 4.06. The highest BCUT2D eigenvalue weighted by Gasteiger charge is 2.17. The van der Waals surface area contributed by atoms with Crippen molar-refractivity contribution < 1.29 is 29.7 Å². The van der Waals surface area contributed by atoms with Gasteiger partial charge in [-0.1, -0.05) is 60.7 Å². The van der Waals surface area contributed by atoms with Crippen LogP contribution >= 0.6 is 0 Å². The van der Waals surface area contributed by atoms with Crippen LogP contribution in [-0.2, 0) is 0 Å². The van der Waals surface area contributed by atoms with E-state index in [0.29, 0.717) is 39.1 Å². The van der Waals surface area contributed by atoms with E-state index in [4.69, 9.17) is 0 Å². The summed E-state index contributed by atoms with van der Waals surface area (Å²) in [6.45, 7) is 0. The average molecular weight is 746 g/mol. The molecule has 0 unspecified atom stereocenters. The largest absolute Gasteiger partial charge is 0.507 e. The van der Waals surface area contributed by atoms with Crippen molar-refractivity contribution in [1.82, 2.24) is 16.3 Å². The topological polar surface area (TPSA) is 197 Å². The van der Waals surface area contributed by atoms with E-state index in [1.165, 1.54) is 36.8 Å². The Balaban J connectivity index is 1.18. The highest BCUT2D eigenvalue weighted by Crippen LogP contribution is 2.28. The van der Waals surface area contributed by atoms with E-state index in [9.17, 15) is 29.7 Å². The molecule has 0 aliphatic rings. The minimum atomic E-state index is -0.467. The molecule has 6 aromatic rings. The maximum Gasteiger partial charge on any atom is 0.271 e. The lowest BCUT2D eigenvalue weighted by Crippen LogP contribution is -2.19. The summed E-state index contributed by atoms with van der Waals surface area (Å²) in [5.41, 5.74) is 12.0. The Labute approximate surface area is 321 Å². The molecule has 13 heteroatoms. The number of carbonyl (C=O) groups excluding carboxylic acids is 3. The highest BCUT2D eigenvalue weighted by atomic mass is 16.3. The average Bonchev–Trinajstić information content (AvgIpc) is 3.22. The fraction of sp³-hybridized carbons (Fsp3) is 0.0233. The van der Waals surface area contributed by atoms with Gasteiger partial charge >= 0.3 is 0 Å². The number of phenolic OH excluding ortho intramolecular Hbond substituents is 3. The Hall–Kier alpha value is -8.06. The lowest BCUT2D eigenvalue weighted by Gasteiger charge is -2.22. The van der Waals surface area contributed by atoms with Gasteiger partial charge < -0.3 is 20.6 Å². The molecule has 0 heterocycles. The number of nitrogens with one attached hydrogen (secondary N) is 4. The van der Waals surface area contributed by atoms with E-state index >= 15 is 0 Å². The van der Waals surface area contributed by atoms with Crippen LogP contribution in [-0.4, -0.2) is 51.7 Å².